The topological polar surface area (TPSA) is 68.8 Å². The summed E-state index contributed by atoms with van der Waals surface area (Å²) in [4.78, 5) is 17.6. The van der Waals surface area contributed by atoms with Gasteiger partial charge in [0.1, 0.15) is 18.4 Å². The molecule has 7 atom stereocenters. The highest BCUT2D eigenvalue weighted by molar-refractivity contribution is 6.20. The Balaban J connectivity index is 1.54. The summed E-state index contributed by atoms with van der Waals surface area (Å²) in [5.41, 5.74) is 2.54. The average Bonchev–Trinajstić information content (AvgIpc) is 3.27. The number of amides is 1. The number of halogens is 9. The van der Waals surface area contributed by atoms with Crippen molar-refractivity contribution in [1.82, 2.24) is 21.1 Å². The summed E-state index contributed by atoms with van der Waals surface area (Å²) in [6.45, 7) is 0. The van der Waals surface area contributed by atoms with Crippen LogP contribution in [0.3, 0.4) is 0 Å². The van der Waals surface area contributed by atoms with Gasteiger partial charge in [-0.2, -0.15) is 26.3 Å². The van der Waals surface area contributed by atoms with Gasteiger partial charge < -0.3 is 5.32 Å². The van der Waals surface area contributed by atoms with E-state index in [-0.39, 0.29) is 55.9 Å². The van der Waals surface area contributed by atoms with Gasteiger partial charge in [0.05, 0.1) is 5.92 Å². The maximum absolute atomic E-state index is 14.3. The van der Waals surface area contributed by atoms with Crippen molar-refractivity contribution in [3.05, 3.63) is 0 Å². The van der Waals surface area contributed by atoms with E-state index in [1.807, 2.05) is 0 Å². The van der Waals surface area contributed by atoms with E-state index in [1.54, 1.807) is 0 Å². The number of alkyl halides is 9. The van der Waals surface area contributed by atoms with E-state index in [0.29, 0.717) is 19.3 Å². The summed E-state index contributed by atoms with van der Waals surface area (Å²) >= 11 is 12.5. The van der Waals surface area contributed by atoms with Gasteiger partial charge in [-0.3, -0.25) is 10.1 Å². The van der Waals surface area contributed by atoms with Crippen molar-refractivity contribution < 1.29 is 35.5 Å². The lowest BCUT2D eigenvalue weighted by Gasteiger charge is -2.36. The molecule has 1 amide bonds. The van der Waals surface area contributed by atoms with Crippen LogP contribution in [-0.2, 0) is 4.79 Å². The largest absolute Gasteiger partial charge is 0.405 e. The third kappa shape index (κ3) is 8.50. The smallest absolute Gasteiger partial charge is 0.353 e. The maximum Gasteiger partial charge on any atom is 0.405 e. The second-order valence-electron chi connectivity index (χ2n) is 11.6. The number of rotatable bonds is 4. The van der Waals surface area contributed by atoms with Crippen molar-refractivity contribution >= 4 is 35.1 Å². The van der Waals surface area contributed by atoms with Crippen LogP contribution in [0.4, 0.5) is 30.7 Å². The standard InChI is InChI=1S/C25H36Cl2F7N5O/c26-15-2-1-3-19(10-15)39-21(12-20(38-39)25(32,33)34)36-23(35-18-9-16(27)8-17(28)11-18)37-22(40)13-4-6-14(7-5-13)24(29,30)31/h13-21,38H,1-12H2,(H2,35,36,37,40). The van der Waals surface area contributed by atoms with E-state index in [2.05, 4.69) is 21.1 Å². The molecule has 15 heteroatoms. The number of aliphatic imine (C=N–C) groups is 1. The third-order valence-electron chi connectivity index (χ3n) is 8.46. The van der Waals surface area contributed by atoms with Gasteiger partial charge in [-0.25, -0.2) is 19.8 Å². The zero-order chi connectivity index (χ0) is 29.2. The molecular weight excluding hydrogens is 590 g/mol. The van der Waals surface area contributed by atoms with E-state index in [1.165, 1.54) is 5.01 Å². The second-order valence-corrected chi connectivity index (χ2v) is 12.8. The van der Waals surface area contributed by atoms with Crippen LogP contribution < -0.4 is 16.1 Å². The van der Waals surface area contributed by atoms with Gasteiger partial charge in [0.25, 0.3) is 0 Å². The molecule has 4 rings (SSSR count). The molecule has 4 fully saturated rings. The average molecular weight is 626 g/mol. The summed E-state index contributed by atoms with van der Waals surface area (Å²) in [5.74, 6) is -2.86. The van der Waals surface area contributed by atoms with Crippen molar-refractivity contribution in [1.29, 1.82) is 0 Å². The number of hydrazine groups is 1. The molecule has 0 aromatic rings. The Bertz CT molecular complexity index is 890. The molecule has 3 aliphatic carbocycles. The molecular formula is C25H36Cl2F7N5O. The molecule has 0 aromatic heterocycles. The van der Waals surface area contributed by atoms with Crippen LogP contribution in [0.1, 0.15) is 77.0 Å². The van der Waals surface area contributed by atoms with Crippen LogP contribution in [0, 0.1) is 11.8 Å². The molecule has 230 valence electrons. The van der Waals surface area contributed by atoms with E-state index in [0.717, 1.165) is 12.8 Å². The van der Waals surface area contributed by atoms with Crippen molar-refractivity contribution in [3.8, 4) is 0 Å². The number of guanidine groups is 1. The van der Waals surface area contributed by atoms with Crippen molar-refractivity contribution in [2.75, 3.05) is 0 Å². The fraction of sp³-hybridized carbons (Fsp3) is 0.920. The van der Waals surface area contributed by atoms with E-state index in [4.69, 9.17) is 23.2 Å². The summed E-state index contributed by atoms with van der Waals surface area (Å²) in [6.07, 6.45) is -8.67. The SMILES string of the molecule is O=C(N/C(=N\C1CC(C(F)(F)F)NN1C1CCCC(Cl)C1)NC1CC(F)CC(Cl)C1)C1CCC(C(F)(F)F)CC1. The number of nitrogens with one attached hydrogen (secondary N) is 3. The van der Waals surface area contributed by atoms with Gasteiger partial charge in [-0.15, -0.1) is 23.2 Å². The van der Waals surface area contributed by atoms with Crippen molar-refractivity contribution in [2.45, 2.75) is 131 Å². The highest BCUT2D eigenvalue weighted by Crippen LogP contribution is 2.40. The Kier molecular flexibility index (Phi) is 10.4. The Labute approximate surface area is 239 Å². The quantitative estimate of drug-likeness (QED) is 0.157. The maximum atomic E-state index is 14.3. The van der Waals surface area contributed by atoms with Gasteiger partial charge >= 0.3 is 12.4 Å². The first-order chi connectivity index (χ1) is 18.7. The minimum absolute atomic E-state index is 0.0233. The van der Waals surface area contributed by atoms with Crippen LogP contribution >= 0.6 is 23.2 Å². The lowest BCUT2D eigenvalue weighted by Crippen LogP contribution is -2.53. The molecule has 0 aromatic carbocycles. The molecule has 3 N–H and O–H groups in total. The van der Waals surface area contributed by atoms with Gasteiger partial charge in [-0.1, -0.05) is 6.42 Å². The molecule has 6 nitrogen and oxygen atoms in total. The summed E-state index contributed by atoms with van der Waals surface area (Å²) in [7, 11) is 0. The lowest BCUT2D eigenvalue weighted by molar-refractivity contribution is -0.184. The number of carbonyl (C=O) groups excluding carboxylic acids is 1. The van der Waals surface area contributed by atoms with Gasteiger partial charge in [0, 0.05) is 35.2 Å². The Morgan fingerprint density at radius 2 is 1.55 bits per heavy atom. The fourth-order valence-electron chi connectivity index (χ4n) is 6.32. The fourth-order valence-corrected chi connectivity index (χ4v) is 7.09. The minimum Gasteiger partial charge on any atom is -0.353 e. The lowest BCUT2D eigenvalue weighted by atomic mass is 9.81. The summed E-state index contributed by atoms with van der Waals surface area (Å²) in [5, 5.41) is 6.40. The molecule has 40 heavy (non-hydrogen) atoms. The molecule has 7 unspecified atom stereocenters. The van der Waals surface area contributed by atoms with Crippen molar-refractivity contribution in [3.63, 3.8) is 0 Å². The number of hydrogen-bond acceptors (Lipinski definition) is 4. The van der Waals surface area contributed by atoms with Crippen LogP contribution in [-0.4, -0.2) is 70.4 Å². The zero-order valence-corrected chi connectivity index (χ0v) is 23.4. The van der Waals surface area contributed by atoms with Crippen LogP contribution in [0.5, 0.6) is 0 Å². The molecule has 0 radical (unpaired) electrons. The van der Waals surface area contributed by atoms with E-state index >= 15 is 0 Å². The first-order valence-corrected chi connectivity index (χ1v) is 14.8. The molecule has 3 saturated carbocycles. The third-order valence-corrected chi connectivity index (χ3v) is 9.21. The molecule has 1 aliphatic heterocycles. The van der Waals surface area contributed by atoms with Crippen LogP contribution in [0.25, 0.3) is 0 Å². The molecule has 0 bridgehead atoms. The highest BCUT2D eigenvalue weighted by Gasteiger charge is 2.50. The predicted octanol–water partition coefficient (Wildman–Crippen LogP) is 5.93. The first-order valence-electron chi connectivity index (χ1n) is 13.9. The van der Waals surface area contributed by atoms with Gasteiger partial charge in [0.2, 0.25) is 5.91 Å². The van der Waals surface area contributed by atoms with Gasteiger partial charge in [0.15, 0.2) is 5.96 Å². The number of hydrogen-bond donors (Lipinski definition) is 3. The Hall–Kier alpha value is -1.05. The summed E-state index contributed by atoms with van der Waals surface area (Å²) in [6, 6.07) is -2.71. The Morgan fingerprint density at radius 1 is 0.850 bits per heavy atom. The van der Waals surface area contributed by atoms with Crippen LogP contribution in [0.15, 0.2) is 4.99 Å². The molecule has 4 aliphatic rings. The van der Waals surface area contributed by atoms with E-state index < -0.39 is 66.3 Å². The van der Waals surface area contributed by atoms with Crippen LogP contribution in [0.2, 0.25) is 0 Å². The minimum atomic E-state index is -4.54. The normalized spacial score (nSPS) is 38.7. The molecule has 1 heterocycles. The van der Waals surface area contributed by atoms with E-state index in [9.17, 15) is 35.5 Å². The highest BCUT2D eigenvalue weighted by atomic mass is 35.5. The Morgan fingerprint density at radius 3 is 2.15 bits per heavy atom. The van der Waals surface area contributed by atoms with Gasteiger partial charge in [-0.05, 0) is 64.2 Å². The number of carbonyl (C=O) groups is 1. The second kappa shape index (κ2) is 13.1. The number of nitrogens with zero attached hydrogens (tertiary/aromatic N) is 2. The predicted molar refractivity (Wildman–Crippen MR) is 138 cm³/mol. The summed E-state index contributed by atoms with van der Waals surface area (Å²) < 4.78 is 94.7. The zero-order valence-electron chi connectivity index (χ0n) is 21.9. The molecule has 0 spiro atoms. The van der Waals surface area contributed by atoms with Crippen molar-refractivity contribution in [2.24, 2.45) is 16.8 Å². The first kappa shape index (κ1) is 31.9. The monoisotopic (exact) mass is 625 g/mol. The molecule has 1 saturated heterocycles.